The van der Waals surface area contributed by atoms with Crippen LogP contribution in [0.1, 0.15) is 13.3 Å². The number of hydrogen-bond donors (Lipinski definition) is 2. The molecule has 2 atom stereocenters. The van der Waals surface area contributed by atoms with Crippen molar-refractivity contribution in [3.8, 4) is 0 Å². The molecule has 0 spiro atoms. The summed E-state index contributed by atoms with van der Waals surface area (Å²) >= 11 is 0. The van der Waals surface area contributed by atoms with Crippen LogP contribution in [0.15, 0.2) is 0 Å². The zero-order valence-electron chi connectivity index (χ0n) is 6.26. The molecule has 1 fully saturated rings. The first-order valence-corrected chi connectivity index (χ1v) is 3.68. The van der Waals surface area contributed by atoms with Crippen LogP contribution in [0.5, 0.6) is 0 Å². The van der Waals surface area contributed by atoms with Gasteiger partial charge in [-0.15, -0.1) is 0 Å². The second-order valence-corrected chi connectivity index (χ2v) is 2.89. The zero-order valence-corrected chi connectivity index (χ0v) is 6.26. The van der Waals surface area contributed by atoms with E-state index in [0.717, 1.165) is 19.5 Å². The van der Waals surface area contributed by atoms with Gasteiger partial charge in [0.2, 0.25) is 0 Å². The van der Waals surface area contributed by atoms with Crippen molar-refractivity contribution in [3.05, 3.63) is 0 Å². The number of nitrogens with two attached hydrogens (primary N) is 1. The van der Waals surface area contributed by atoms with Gasteiger partial charge in [-0.1, -0.05) is 0 Å². The van der Waals surface area contributed by atoms with Crippen LogP contribution in [-0.2, 0) is 4.79 Å². The molecule has 0 amide bonds. The number of hydrogen-bond acceptors (Lipinski definition) is 3. The largest absolute Gasteiger partial charge is 0.321 e. The lowest BCUT2D eigenvalue weighted by Crippen LogP contribution is -2.37. The molecule has 0 aromatic carbocycles. The van der Waals surface area contributed by atoms with Gasteiger partial charge in [-0.25, -0.2) is 0 Å². The third kappa shape index (κ3) is 1.55. The first kappa shape index (κ1) is 7.69. The Bertz CT molecular complexity index is 130. The molecule has 1 aliphatic rings. The average molecular weight is 142 g/mol. The Morgan fingerprint density at radius 1 is 1.80 bits per heavy atom. The molecular formula is C7H14N2O. The third-order valence-electron chi connectivity index (χ3n) is 2.08. The minimum Gasteiger partial charge on any atom is -0.321 e. The summed E-state index contributed by atoms with van der Waals surface area (Å²) in [4.78, 5) is 10.8. The summed E-state index contributed by atoms with van der Waals surface area (Å²) in [6.45, 7) is 3.47. The van der Waals surface area contributed by atoms with Gasteiger partial charge in [-0.2, -0.15) is 0 Å². The second-order valence-electron chi connectivity index (χ2n) is 2.89. The number of carbonyl (C=O) groups is 1. The number of ketones is 1. The maximum absolute atomic E-state index is 10.8. The summed E-state index contributed by atoms with van der Waals surface area (Å²) in [5.41, 5.74) is 5.63. The standard InChI is InChI=1S/C7H14N2O/c1-5(10)7(8)6-2-3-9-4-6/h6-7,9H,2-4,8H2,1H3. The van der Waals surface area contributed by atoms with Crippen LogP contribution >= 0.6 is 0 Å². The second kappa shape index (κ2) is 3.12. The number of Topliss-reactive ketones (excluding diaryl/α,β-unsaturated/α-hetero) is 1. The molecule has 1 aliphatic heterocycles. The zero-order chi connectivity index (χ0) is 7.56. The van der Waals surface area contributed by atoms with Crippen molar-refractivity contribution < 1.29 is 4.79 Å². The summed E-state index contributed by atoms with van der Waals surface area (Å²) in [6, 6.07) is -0.241. The SMILES string of the molecule is CC(=O)C(N)C1CCNC1. The topological polar surface area (TPSA) is 55.1 Å². The maximum Gasteiger partial charge on any atom is 0.146 e. The third-order valence-corrected chi connectivity index (χ3v) is 2.08. The number of rotatable bonds is 2. The van der Waals surface area contributed by atoms with Gasteiger partial charge in [-0.3, -0.25) is 4.79 Å². The normalized spacial score (nSPS) is 28.4. The summed E-state index contributed by atoms with van der Waals surface area (Å²) in [5, 5.41) is 3.18. The van der Waals surface area contributed by atoms with Crippen molar-refractivity contribution in [1.82, 2.24) is 5.32 Å². The molecule has 0 aromatic heterocycles. The van der Waals surface area contributed by atoms with Crippen molar-refractivity contribution in [2.24, 2.45) is 11.7 Å². The minimum atomic E-state index is -0.241. The Morgan fingerprint density at radius 2 is 2.50 bits per heavy atom. The minimum absolute atomic E-state index is 0.105. The van der Waals surface area contributed by atoms with Gasteiger partial charge in [0.15, 0.2) is 0 Å². The molecule has 0 radical (unpaired) electrons. The van der Waals surface area contributed by atoms with E-state index in [-0.39, 0.29) is 11.8 Å². The predicted octanol–water partition coefficient (Wildman–Crippen LogP) is -0.488. The number of nitrogens with one attached hydrogen (secondary N) is 1. The highest BCUT2D eigenvalue weighted by Crippen LogP contribution is 2.11. The molecule has 3 heteroatoms. The van der Waals surface area contributed by atoms with Gasteiger partial charge in [0.25, 0.3) is 0 Å². The highest BCUT2D eigenvalue weighted by atomic mass is 16.1. The van der Waals surface area contributed by atoms with E-state index in [2.05, 4.69) is 5.32 Å². The van der Waals surface area contributed by atoms with Crippen molar-refractivity contribution >= 4 is 5.78 Å². The lowest BCUT2D eigenvalue weighted by Gasteiger charge is -2.13. The van der Waals surface area contributed by atoms with Gasteiger partial charge in [0, 0.05) is 0 Å². The Labute approximate surface area is 61.0 Å². The molecule has 0 aromatic rings. The average Bonchev–Trinajstić information content (AvgIpc) is 2.36. The fourth-order valence-corrected chi connectivity index (χ4v) is 1.32. The lowest BCUT2D eigenvalue weighted by atomic mass is 9.97. The first-order valence-electron chi connectivity index (χ1n) is 3.68. The molecule has 3 N–H and O–H groups in total. The molecule has 10 heavy (non-hydrogen) atoms. The molecule has 0 bridgehead atoms. The molecule has 0 aliphatic carbocycles. The summed E-state index contributed by atoms with van der Waals surface area (Å²) in [6.07, 6.45) is 1.04. The van der Waals surface area contributed by atoms with E-state index in [1.807, 2.05) is 0 Å². The van der Waals surface area contributed by atoms with E-state index in [9.17, 15) is 4.79 Å². The predicted molar refractivity (Wildman–Crippen MR) is 39.6 cm³/mol. The fraction of sp³-hybridized carbons (Fsp3) is 0.857. The highest BCUT2D eigenvalue weighted by Gasteiger charge is 2.24. The van der Waals surface area contributed by atoms with Crippen LogP contribution in [0, 0.1) is 5.92 Å². The van der Waals surface area contributed by atoms with E-state index in [1.165, 1.54) is 0 Å². The van der Waals surface area contributed by atoms with Gasteiger partial charge < -0.3 is 11.1 Å². The van der Waals surface area contributed by atoms with Crippen molar-refractivity contribution in [2.75, 3.05) is 13.1 Å². The van der Waals surface area contributed by atoms with E-state index in [4.69, 9.17) is 5.73 Å². The molecule has 58 valence electrons. The molecule has 1 saturated heterocycles. The van der Waals surface area contributed by atoms with E-state index in [1.54, 1.807) is 6.92 Å². The number of carbonyl (C=O) groups excluding carboxylic acids is 1. The van der Waals surface area contributed by atoms with Crippen LogP contribution < -0.4 is 11.1 Å². The smallest absolute Gasteiger partial charge is 0.146 e. The lowest BCUT2D eigenvalue weighted by molar-refractivity contribution is -0.119. The molecular weight excluding hydrogens is 128 g/mol. The summed E-state index contributed by atoms with van der Waals surface area (Å²) in [7, 11) is 0. The van der Waals surface area contributed by atoms with Gasteiger partial charge in [0.1, 0.15) is 5.78 Å². The van der Waals surface area contributed by atoms with Gasteiger partial charge in [-0.05, 0) is 32.4 Å². The van der Waals surface area contributed by atoms with Crippen LogP contribution in [-0.4, -0.2) is 24.9 Å². The van der Waals surface area contributed by atoms with Crippen LogP contribution in [0.25, 0.3) is 0 Å². The maximum atomic E-state index is 10.8. The van der Waals surface area contributed by atoms with E-state index < -0.39 is 0 Å². The van der Waals surface area contributed by atoms with Crippen LogP contribution in [0.4, 0.5) is 0 Å². The van der Waals surface area contributed by atoms with E-state index >= 15 is 0 Å². The Kier molecular flexibility index (Phi) is 2.40. The first-order chi connectivity index (χ1) is 4.72. The molecule has 3 nitrogen and oxygen atoms in total. The van der Waals surface area contributed by atoms with E-state index in [0.29, 0.717) is 5.92 Å². The molecule has 2 unspecified atom stereocenters. The molecule has 1 rings (SSSR count). The van der Waals surface area contributed by atoms with Crippen LogP contribution in [0.3, 0.4) is 0 Å². The van der Waals surface area contributed by atoms with Crippen molar-refractivity contribution in [3.63, 3.8) is 0 Å². The summed E-state index contributed by atoms with van der Waals surface area (Å²) in [5.74, 6) is 0.478. The fourth-order valence-electron chi connectivity index (χ4n) is 1.32. The summed E-state index contributed by atoms with van der Waals surface area (Å²) < 4.78 is 0. The monoisotopic (exact) mass is 142 g/mol. The Balaban J connectivity index is 2.39. The van der Waals surface area contributed by atoms with Gasteiger partial charge in [0.05, 0.1) is 6.04 Å². The highest BCUT2D eigenvalue weighted by molar-refractivity contribution is 5.81. The van der Waals surface area contributed by atoms with Gasteiger partial charge >= 0.3 is 0 Å². The van der Waals surface area contributed by atoms with Crippen molar-refractivity contribution in [2.45, 2.75) is 19.4 Å². The van der Waals surface area contributed by atoms with Crippen LogP contribution in [0.2, 0.25) is 0 Å². The molecule has 0 saturated carbocycles. The Hall–Kier alpha value is -0.410. The van der Waals surface area contributed by atoms with Crippen molar-refractivity contribution in [1.29, 1.82) is 0 Å². The molecule has 1 heterocycles. The Morgan fingerprint density at radius 3 is 2.90 bits per heavy atom. The quantitative estimate of drug-likeness (QED) is 0.547.